The topological polar surface area (TPSA) is 40.6 Å². The number of carbonyl (C=O) groups excluding carboxylic acids is 2. The number of imide groups is 1. The van der Waals surface area contributed by atoms with Crippen LogP contribution < -0.4 is 4.90 Å². The fourth-order valence-corrected chi connectivity index (χ4v) is 5.15. The van der Waals surface area contributed by atoms with Gasteiger partial charge in [0.15, 0.2) is 0 Å². The van der Waals surface area contributed by atoms with Gasteiger partial charge in [-0.1, -0.05) is 6.07 Å². The monoisotopic (exact) mass is 334 g/mol. The van der Waals surface area contributed by atoms with E-state index in [2.05, 4.69) is 0 Å². The summed E-state index contributed by atoms with van der Waals surface area (Å²) in [4.78, 5) is 29.1. The first kappa shape index (κ1) is 13.8. The number of halogens is 1. The highest BCUT2D eigenvalue weighted by atomic mass is 32.2. The molecule has 2 aromatic rings. The van der Waals surface area contributed by atoms with Gasteiger partial charge in [-0.05, 0) is 35.7 Å². The number of carbonyl (C=O) groups is 2. The lowest BCUT2D eigenvalue weighted by Crippen LogP contribution is -2.33. The quantitative estimate of drug-likeness (QED) is 0.790. The molecule has 2 aliphatic rings. The SMILES string of the molecule is O=C1[C@H]2CS[C@H](c3cccs3)N2C(=O)N1c1ccc(F)cc1. The average Bonchev–Trinajstić information content (AvgIpc) is 3.21. The molecule has 4 nitrogen and oxygen atoms in total. The van der Waals surface area contributed by atoms with Crippen LogP contribution >= 0.6 is 23.1 Å². The average molecular weight is 334 g/mol. The number of amides is 3. The minimum Gasteiger partial charge on any atom is -0.294 e. The summed E-state index contributed by atoms with van der Waals surface area (Å²) in [7, 11) is 0. The maximum Gasteiger partial charge on any atom is 0.333 e. The van der Waals surface area contributed by atoms with Gasteiger partial charge in [-0.25, -0.2) is 14.1 Å². The Kier molecular flexibility index (Phi) is 3.19. The zero-order valence-electron chi connectivity index (χ0n) is 11.3. The number of urea groups is 1. The molecule has 1 aromatic heterocycles. The summed E-state index contributed by atoms with van der Waals surface area (Å²) in [6, 6.07) is 8.58. The van der Waals surface area contributed by atoms with E-state index < -0.39 is 11.9 Å². The van der Waals surface area contributed by atoms with E-state index in [-0.39, 0.29) is 17.3 Å². The summed E-state index contributed by atoms with van der Waals surface area (Å²) in [6.45, 7) is 0. The lowest BCUT2D eigenvalue weighted by molar-refractivity contribution is -0.119. The lowest BCUT2D eigenvalue weighted by atomic mass is 10.2. The third-order valence-electron chi connectivity index (χ3n) is 3.79. The second-order valence-electron chi connectivity index (χ2n) is 5.06. The number of fused-ring (bicyclic) bond motifs is 1. The number of thioether (sulfide) groups is 1. The van der Waals surface area contributed by atoms with Gasteiger partial charge in [0.2, 0.25) is 0 Å². The molecule has 0 unspecified atom stereocenters. The molecule has 4 rings (SSSR count). The fourth-order valence-electron chi connectivity index (χ4n) is 2.77. The predicted octanol–water partition coefficient (Wildman–Crippen LogP) is 3.47. The Labute approximate surface area is 134 Å². The Morgan fingerprint density at radius 2 is 1.91 bits per heavy atom. The van der Waals surface area contributed by atoms with Gasteiger partial charge in [-0.3, -0.25) is 9.69 Å². The fraction of sp³-hybridized carbons (Fsp3) is 0.200. The molecule has 2 fully saturated rings. The van der Waals surface area contributed by atoms with Gasteiger partial charge in [-0.2, -0.15) is 0 Å². The normalized spacial score (nSPS) is 24.2. The molecule has 0 N–H and O–H groups in total. The molecule has 7 heteroatoms. The van der Waals surface area contributed by atoms with Crippen LogP contribution in [0.3, 0.4) is 0 Å². The van der Waals surface area contributed by atoms with Crippen molar-refractivity contribution in [2.75, 3.05) is 10.7 Å². The Morgan fingerprint density at radius 3 is 2.59 bits per heavy atom. The molecular formula is C15H11FN2O2S2. The second kappa shape index (κ2) is 5.10. The third-order valence-corrected chi connectivity index (χ3v) is 6.17. The number of nitrogens with zero attached hydrogens (tertiary/aromatic N) is 2. The summed E-state index contributed by atoms with van der Waals surface area (Å²) in [5.74, 6) is -0.0382. The van der Waals surface area contributed by atoms with E-state index in [0.29, 0.717) is 11.4 Å². The number of hydrogen-bond acceptors (Lipinski definition) is 4. The Morgan fingerprint density at radius 1 is 1.14 bits per heavy atom. The first-order valence-electron chi connectivity index (χ1n) is 6.73. The summed E-state index contributed by atoms with van der Waals surface area (Å²) in [5.41, 5.74) is 0.417. The van der Waals surface area contributed by atoms with Crippen LogP contribution in [0, 0.1) is 5.82 Å². The smallest absolute Gasteiger partial charge is 0.294 e. The van der Waals surface area contributed by atoms with Gasteiger partial charge in [-0.15, -0.1) is 23.1 Å². The molecule has 2 aliphatic heterocycles. The van der Waals surface area contributed by atoms with Gasteiger partial charge < -0.3 is 0 Å². The number of benzene rings is 1. The minimum absolute atomic E-state index is 0.119. The Bertz CT molecular complexity index is 733. The van der Waals surface area contributed by atoms with E-state index in [1.165, 1.54) is 24.3 Å². The highest BCUT2D eigenvalue weighted by Gasteiger charge is 2.53. The highest BCUT2D eigenvalue weighted by Crippen LogP contribution is 2.47. The largest absolute Gasteiger partial charge is 0.333 e. The van der Waals surface area contributed by atoms with Gasteiger partial charge >= 0.3 is 6.03 Å². The maximum absolute atomic E-state index is 13.0. The molecule has 0 bridgehead atoms. The molecule has 0 radical (unpaired) electrons. The zero-order valence-corrected chi connectivity index (χ0v) is 12.9. The van der Waals surface area contributed by atoms with Crippen LogP contribution in [-0.4, -0.2) is 28.6 Å². The lowest BCUT2D eigenvalue weighted by Gasteiger charge is -2.21. The molecule has 0 spiro atoms. The first-order valence-corrected chi connectivity index (χ1v) is 8.66. The molecule has 22 heavy (non-hydrogen) atoms. The molecule has 0 saturated carbocycles. The third kappa shape index (κ3) is 1.96. The van der Waals surface area contributed by atoms with E-state index >= 15 is 0 Å². The van der Waals surface area contributed by atoms with Gasteiger partial charge in [0.05, 0.1) is 5.69 Å². The minimum atomic E-state index is -0.436. The van der Waals surface area contributed by atoms with Crippen molar-refractivity contribution in [1.82, 2.24) is 4.90 Å². The van der Waals surface area contributed by atoms with E-state index in [1.807, 2.05) is 17.5 Å². The Balaban J connectivity index is 1.69. The van der Waals surface area contributed by atoms with E-state index in [9.17, 15) is 14.0 Å². The molecule has 112 valence electrons. The van der Waals surface area contributed by atoms with E-state index in [4.69, 9.17) is 0 Å². The summed E-state index contributed by atoms with van der Waals surface area (Å²) in [5, 5.41) is 1.84. The molecule has 2 saturated heterocycles. The summed E-state index contributed by atoms with van der Waals surface area (Å²) in [6.07, 6.45) is 0. The standard InChI is InChI=1S/C15H11FN2O2S2/c16-9-3-5-10(6-4-9)17-13(19)11-8-22-14(18(11)15(17)20)12-2-1-7-21-12/h1-7,11,14H,8H2/t11-,14-/m1/s1. The highest BCUT2D eigenvalue weighted by molar-refractivity contribution is 7.99. The summed E-state index contributed by atoms with van der Waals surface area (Å²) < 4.78 is 13.0. The van der Waals surface area contributed by atoms with Crippen molar-refractivity contribution in [3.05, 3.63) is 52.5 Å². The van der Waals surface area contributed by atoms with Crippen molar-refractivity contribution in [2.45, 2.75) is 11.4 Å². The molecular weight excluding hydrogens is 323 g/mol. The van der Waals surface area contributed by atoms with Crippen molar-refractivity contribution >= 4 is 40.7 Å². The van der Waals surface area contributed by atoms with Crippen LogP contribution in [0.25, 0.3) is 0 Å². The van der Waals surface area contributed by atoms with E-state index in [0.717, 1.165) is 9.78 Å². The zero-order chi connectivity index (χ0) is 15.3. The van der Waals surface area contributed by atoms with Gasteiger partial charge in [0.25, 0.3) is 5.91 Å². The molecule has 3 heterocycles. The number of anilines is 1. The number of thiophene rings is 1. The van der Waals surface area contributed by atoms with Crippen LogP contribution in [0.4, 0.5) is 14.9 Å². The van der Waals surface area contributed by atoms with Crippen molar-refractivity contribution < 1.29 is 14.0 Å². The number of hydrogen-bond donors (Lipinski definition) is 0. The van der Waals surface area contributed by atoms with Crippen LogP contribution in [0.1, 0.15) is 10.3 Å². The van der Waals surface area contributed by atoms with Crippen molar-refractivity contribution in [3.8, 4) is 0 Å². The van der Waals surface area contributed by atoms with Crippen molar-refractivity contribution in [3.63, 3.8) is 0 Å². The van der Waals surface area contributed by atoms with Gasteiger partial charge in [0, 0.05) is 10.6 Å². The molecule has 1 aromatic carbocycles. The van der Waals surface area contributed by atoms with Crippen LogP contribution in [0.2, 0.25) is 0 Å². The van der Waals surface area contributed by atoms with Crippen LogP contribution in [-0.2, 0) is 4.79 Å². The molecule has 0 aliphatic carbocycles. The maximum atomic E-state index is 13.0. The van der Waals surface area contributed by atoms with E-state index in [1.54, 1.807) is 28.0 Å². The predicted molar refractivity (Wildman–Crippen MR) is 84.4 cm³/mol. The van der Waals surface area contributed by atoms with Crippen LogP contribution in [0.15, 0.2) is 41.8 Å². The summed E-state index contributed by atoms with van der Waals surface area (Å²) >= 11 is 3.18. The molecule has 3 amide bonds. The van der Waals surface area contributed by atoms with Crippen molar-refractivity contribution in [2.24, 2.45) is 0 Å². The first-order chi connectivity index (χ1) is 10.7. The van der Waals surface area contributed by atoms with Crippen LogP contribution in [0.5, 0.6) is 0 Å². The number of rotatable bonds is 2. The van der Waals surface area contributed by atoms with Gasteiger partial charge in [0.1, 0.15) is 17.2 Å². The van der Waals surface area contributed by atoms with Crippen molar-refractivity contribution in [1.29, 1.82) is 0 Å². The second-order valence-corrected chi connectivity index (χ2v) is 7.15. The Hall–Kier alpha value is -1.86. The molecule has 2 atom stereocenters.